The number of hydrogen-bond donors (Lipinski definition) is 1. The summed E-state index contributed by atoms with van der Waals surface area (Å²) in [5, 5.41) is 6.78. The molecule has 1 saturated heterocycles. The van der Waals surface area contributed by atoms with E-state index in [1.807, 2.05) is 50.8 Å². The maximum atomic E-state index is 12.6. The molecule has 3 rings (SSSR count). The lowest BCUT2D eigenvalue weighted by molar-refractivity contribution is 0.0552. The molecule has 31 heavy (non-hydrogen) atoms. The van der Waals surface area contributed by atoms with Gasteiger partial charge in [-0.1, -0.05) is 35.9 Å². The van der Waals surface area contributed by atoms with Crippen LogP contribution in [0, 0.1) is 19.8 Å². The summed E-state index contributed by atoms with van der Waals surface area (Å²) < 4.78 is 16.5. The smallest absolute Gasteiger partial charge is 0.323 e. The Morgan fingerprint density at radius 2 is 2.16 bits per heavy atom. The molecule has 168 valence electrons. The van der Waals surface area contributed by atoms with Crippen LogP contribution < -0.4 is 10.1 Å². The van der Waals surface area contributed by atoms with E-state index in [-0.39, 0.29) is 18.1 Å². The minimum absolute atomic E-state index is 0.138. The van der Waals surface area contributed by atoms with E-state index in [4.69, 9.17) is 14.0 Å². The van der Waals surface area contributed by atoms with Gasteiger partial charge in [0.15, 0.2) is 5.82 Å². The number of anilines is 1. The first-order valence-corrected chi connectivity index (χ1v) is 10.9. The molecule has 1 fully saturated rings. The summed E-state index contributed by atoms with van der Waals surface area (Å²) in [5.41, 5.74) is 3.30. The Kier molecular flexibility index (Phi) is 7.74. The summed E-state index contributed by atoms with van der Waals surface area (Å²) >= 11 is 0. The molecule has 7 heteroatoms. The molecule has 0 radical (unpaired) electrons. The van der Waals surface area contributed by atoms with Gasteiger partial charge in [0.25, 0.3) is 0 Å². The Bertz CT molecular complexity index is 919. The van der Waals surface area contributed by atoms with Crippen molar-refractivity contribution in [2.45, 2.75) is 47.1 Å². The number of aryl methyl sites for hydroxylation is 1. The number of piperidine rings is 1. The minimum Gasteiger partial charge on any atom is -0.491 e. The van der Waals surface area contributed by atoms with Crippen molar-refractivity contribution >= 4 is 17.9 Å². The first kappa shape index (κ1) is 22.9. The lowest BCUT2D eigenvalue weighted by atomic mass is 9.91. The molecular formula is C24H33N3O4. The molecule has 1 unspecified atom stereocenters. The maximum absolute atomic E-state index is 12.6. The van der Waals surface area contributed by atoms with Crippen molar-refractivity contribution in [1.82, 2.24) is 10.1 Å². The van der Waals surface area contributed by atoms with Crippen molar-refractivity contribution in [3.05, 3.63) is 46.7 Å². The number of amides is 2. The van der Waals surface area contributed by atoms with Crippen molar-refractivity contribution in [2.24, 2.45) is 5.92 Å². The lowest BCUT2D eigenvalue weighted by Crippen LogP contribution is -2.42. The number of rotatable bonds is 7. The minimum atomic E-state index is -0.138. The van der Waals surface area contributed by atoms with Crippen LogP contribution in [0.3, 0.4) is 0 Å². The van der Waals surface area contributed by atoms with Crippen molar-refractivity contribution < 1.29 is 18.8 Å². The van der Waals surface area contributed by atoms with Gasteiger partial charge in [-0.3, -0.25) is 5.32 Å². The zero-order chi connectivity index (χ0) is 22.4. The van der Waals surface area contributed by atoms with Crippen molar-refractivity contribution in [2.75, 3.05) is 31.6 Å². The van der Waals surface area contributed by atoms with Crippen LogP contribution in [0.5, 0.6) is 5.75 Å². The number of aromatic nitrogens is 1. The summed E-state index contributed by atoms with van der Waals surface area (Å²) in [6.45, 7) is 12.3. The van der Waals surface area contributed by atoms with Crippen LogP contribution in [0.4, 0.5) is 10.6 Å². The lowest BCUT2D eigenvalue weighted by Gasteiger charge is -2.33. The second kappa shape index (κ2) is 10.5. The fourth-order valence-electron chi connectivity index (χ4n) is 3.51. The third-order valence-corrected chi connectivity index (χ3v) is 5.48. The molecule has 0 spiro atoms. The maximum Gasteiger partial charge on any atom is 0.323 e. The van der Waals surface area contributed by atoms with E-state index in [2.05, 4.69) is 29.5 Å². The van der Waals surface area contributed by atoms with E-state index < -0.39 is 0 Å². The zero-order valence-corrected chi connectivity index (χ0v) is 19.1. The van der Waals surface area contributed by atoms with Crippen LogP contribution in [-0.2, 0) is 4.74 Å². The van der Waals surface area contributed by atoms with Crippen molar-refractivity contribution in [3.63, 3.8) is 0 Å². The predicted octanol–water partition coefficient (Wildman–Crippen LogP) is 5.05. The molecule has 2 amide bonds. The van der Waals surface area contributed by atoms with Gasteiger partial charge >= 0.3 is 6.03 Å². The van der Waals surface area contributed by atoms with Gasteiger partial charge in [0.1, 0.15) is 18.1 Å². The van der Waals surface area contributed by atoms with Gasteiger partial charge in [-0.05, 0) is 57.7 Å². The monoisotopic (exact) mass is 427 g/mol. The topological polar surface area (TPSA) is 76.8 Å². The van der Waals surface area contributed by atoms with Gasteiger partial charge in [0.05, 0.1) is 12.7 Å². The van der Waals surface area contributed by atoms with Gasteiger partial charge < -0.3 is 18.9 Å². The highest BCUT2D eigenvalue weighted by atomic mass is 16.5. The molecule has 2 heterocycles. The Hall–Kier alpha value is -2.80. The number of carbonyl (C=O) groups is 1. The zero-order valence-electron chi connectivity index (χ0n) is 19.1. The predicted molar refractivity (Wildman–Crippen MR) is 121 cm³/mol. The summed E-state index contributed by atoms with van der Waals surface area (Å²) in [6.07, 6.45) is 3.25. The fourth-order valence-corrected chi connectivity index (χ4v) is 3.51. The Morgan fingerprint density at radius 3 is 2.84 bits per heavy atom. The van der Waals surface area contributed by atoms with E-state index in [1.165, 1.54) is 5.57 Å². The number of hydrogen-bond acceptors (Lipinski definition) is 5. The number of ether oxygens (including phenoxy) is 2. The summed E-state index contributed by atoms with van der Waals surface area (Å²) in [6, 6.07) is 7.94. The van der Waals surface area contributed by atoms with E-state index in [1.54, 1.807) is 0 Å². The summed E-state index contributed by atoms with van der Waals surface area (Å²) in [7, 11) is 0. The van der Waals surface area contributed by atoms with Crippen LogP contribution in [0.2, 0.25) is 0 Å². The molecule has 1 aromatic heterocycles. The normalized spacial score (nSPS) is 17.9. The average Bonchev–Trinajstić information content (AvgIpc) is 3.05. The van der Waals surface area contributed by atoms with Gasteiger partial charge in [-0.15, -0.1) is 0 Å². The highest BCUT2D eigenvalue weighted by Gasteiger charge is 2.25. The average molecular weight is 428 g/mol. The Morgan fingerprint density at radius 1 is 1.35 bits per heavy atom. The molecule has 7 nitrogen and oxygen atoms in total. The van der Waals surface area contributed by atoms with E-state index in [9.17, 15) is 4.79 Å². The molecule has 1 aromatic carbocycles. The number of carbonyl (C=O) groups excluding carboxylic acids is 1. The second-order valence-corrected chi connectivity index (χ2v) is 8.30. The number of urea groups is 1. The van der Waals surface area contributed by atoms with Gasteiger partial charge in [-0.25, -0.2) is 4.79 Å². The highest BCUT2D eigenvalue weighted by Crippen LogP contribution is 2.27. The number of nitrogens with zero attached hydrogens (tertiary/aromatic N) is 2. The van der Waals surface area contributed by atoms with Crippen LogP contribution >= 0.6 is 0 Å². The SMILES string of the molecule is Cc1onc(NC(=O)N2CC/C(=C\c3cccc(OCCOC(C)C)c3)C(C)C2)c1C. The van der Waals surface area contributed by atoms with Gasteiger partial charge in [0, 0.05) is 18.7 Å². The van der Waals surface area contributed by atoms with Crippen LogP contribution in [0.15, 0.2) is 34.4 Å². The second-order valence-electron chi connectivity index (χ2n) is 8.30. The molecule has 0 aliphatic carbocycles. The highest BCUT2D eigenvalue weighted by molar-refractivity contribution is 5.89. The number of nitrogens with one attached hydrogen (secondary N) is 1. The molecule has 0 bridgehead atoms. The largest absolute Gasteiger partial charge is 0.491 e. The number of likely N-dealkylation sites (tertiary alicyclic amines) is 1. The van der Waals surface area contributed by atoms with Crippen LogP contribution in [-0.4, -0.2) is 48.5 Å². The molecule has 1 atom stereocenters. The third-order valence-electron chi connectivity index (χ3n) is 5.48. The van der Waals surface area contributed by atoms with Gasteiger partial charge in [-0.2, -0.15) is 0 Å². The standard InChI is InChI=1S/C24H33N3O4/c1-16(2)29-11-12-30-22-8-6-7-20(14-22)13-21-9-10-27(15-17(21)3)24(28)25-23-18(4)19(5)31-26-23/h6-8,13-14,16-17H,9-12,15H2,1-5H3,(H,25,26,28)/b21-13+. The molecule has 0 saturated carbocycles. The fraction of sp³-hybridized carbons (Fsp3) is 0.500. The number of benzene rings is 1. The quantitative estimate of drug-likeness (QED) is 0.626. The van der Waals surface area contributed by atoms with E-state index in [0.717, 1.165) is 23.3 Å². The van der Waals surface area contributed by atoms with Crippen molar-refractivity contribution in [1.29, 1.82) is 0 Å². The molecule has 1 N–H and O–H groups in total. The summed E-state index contributed by atoms with van der Waals surface area (Å²) in [4.78, 5) is 14.5. The van der Waals surface area contributed by atoms with Crippen molar-refractivity contribution in [3.8, 4) is 5.75 Å². The first-order valence-electron chi connectivity index (χ1n) is 10.9. The van der Waals surface area contributed by atoms with Crippen LogP contribution in [0.1, 0.15) is 44.1 Å². The first-order chi connectivity index (χ1) is 14.8. The van der Waals surface area contributed by atoms with E-state index >= 15 is 0 Å². The Labute approximate surface area is 184 Å². The molecule has 2 aromatic rings. The third kappa shape index (κ3) is 6.34. The summed E-state index contributed by atoms with van der Waals surface area (Å²) in [5.74, 6) is 2.31. The molecular weight excluding hydrogens is 394 g/mol. The van der Waals surface area contributed by atoms with Crippen LogP contribution in [0.25, 0.3) is 6.08 Å². The van der Waals surface area contributed by atoms with Gasteiger partial charge in [0.2, 0.25) is 0 Å². The molecule has 1 aliphatic heterocycles. The Balaban J connectivity index is 1.56. The molecule has 1 aliphatic rings. The van der Waals surface area contributed by atoms with E-state index in [0.29, 0.717) is 37.9 Å².